The summed E-state index contributed by atoms with van der Waals surface area (Å²) < 4.78 is 39.9. The Labute approximate surface area is 151 Å². The zero-order valence-electron chi connectivity index (χ0n) is 14.2. The van der Waals surface area contributed by atoms with Crippen LogP contribution in [-0.4, -0.2) is 53.1 Å². The van der Waals surface area contributed by atoms with E-state index in [1.54, 1.807) is 0 Å². The maximum Gasteiger partial charge on any atom is 0.418 e. The molecule has 2 rings (SSSR count). The van der Waals surface area contributed by atoms with Crippen LogP contribution in [0.2, 0.25) is 0 Å². The topological polar surface area (TPSA) is 125 Å². The molecule has 2 amide bonds. The third-order valence-electron chi connectivity index (χ3n) is 4.15. The Morgan fingerprint density at radius 1 is 1.37 bits per heavy atom. The van der Waals surface area contributed by atoms with Gasteiger partial charge in [0.1, 0.15) is 5.69 Å². The second-order valence-corrected chi connectivity index (χ2v) is 5.96. The van der Waals surface area contributed by atoms with Crippen molar-refractivity contribution in [3.63, 3.8) is 0 Å². The number of hydrogen-bond donors (Lipinski definition) is 3. The van der Waals surface area contributed by atoms with Crippen LogP contribution in [0, 0.1) is 10.1 Å². The van der Waals surface area contributed by atoms with Gasteiger partial charge >= 0.3 is 12.3 Å². The predicted molar refractivity (Wildman–Crippen MR) is 87.7 cm³/mol. The average molecular weight is 390 g/mol. The van der Waals surface area contributed by atoms with E-state index in [1.165, 1.54) is 4.90 Å². The van der Waals surface area contributed by atoms with Crippen LogP contribution in [0.15, 0.2) is 12.1 Å². The highest BCUT2D eigenvalue weighted by atomic mass is 19.4. The van der Waals surface area contributed by atoms with Crippen LogP contribution in [0.25, 0.3) is 0 Å². The first-order valence-corrected chi connectivity index (χ1v) is 7.90. The quantitative estimate of drug-likeness (QED) is 0.536. The standard InChI is InChI=1S/C15H17F3N4O5/c1-19-12-10(15(16,17)18)5-8(6-11(12)22(26)27)13(23)21-4-2-3-9(7-21)20-14(24)25/h5-6,9,19-20H,2-4,7H2,1H3,(H,24,25). The van der Waals surface area contributed by atoms with Crippen LogP contribution in [0.1, 0.15) is 28.8 Å². The highest BCUT2D eigenvalue weighted by molar-refractivity contribution is 5.96. The van der Waals surface area contributed by atoms with Crippen LogP contribution in [0.4, 0.5) is 29.3 Å². The van der Waals surface area contributed by atoms with Gasteiger partial charge in [-0.3, -0.25) is 14.9 Å². The van der Waals surface area contributed by atoms with Crippen molar-refractivity contribution in [1.29, 1.82) is 0 Å². The Hall–Kier alpha value is -3.05. The van der Waals surface area contributed by atoms with Crippen LogP contribution in [-0.2, 0) is 6.18 Å². The van der Waals surface area contributed by atoms with E-state index in [0.717, 1.165) is 13.1 Å². The van der Waals surface area contributed by atoms with Crippen molar-refractivity contribution in [2.45, 2.75) is 25.1 Å². The summed E-state index contributed by atoms with van der Waals surface area (Å²) in [6, 6.07) is 0.793. The van der Waals surface area contributed by atoms with Crippen molar-refractivity contribution in [1.82, 2.24) is 10.2 Å². The van der Waals surface area contributed by atoms with Gasteiger partial charge in [-0.25, -0.2) is 4.79 Å². The third kappa shape index (κ3) is 4.57. The fraction of sp³-hybridized carbons (Fsp3) is 0.467. The fourth-order valence-electron chi connectivity index (χ4n) is 3.02. The molecule has 0 spiro atoms. The summed E-state index contributed by atoms with van der Waals surface area (Å²) in [4.78, 5) is 34.7. The lowest BCUT2D eigenvalue weighted by molar-refractivity contribution is -0.384. The molecule has 0 bridgehead atoms. The molecular weight excluding hydrogens is 373 g/mol. The first-order chi connectivity index (χ1) is 12.5. The molecule has 27 heavy (non-hydrogen) atoms. The molecule has 1 aromatic rings. The molecule has 1 fully saturated rings. The zero-order chi connectivity index (χ0) is 20.4. The van der Waals surface area contributed by atoms with Gasteiger partial charge in [0.25, 0.3) is 11.6 Å². The average Bonchev–Trinajstić information content (AvgIpc) is 2.58. The number of carbonyl (C=O) groups is 2. The molecular formula is C15H17F3N4O5. The number of rotatable bonds is 4. The van der Waals surface area contributed by atoms with Crippen molar-refractivity contribution in [2.24, 2.45) is 0 Å². The van der Waals surface area contributed by atoms with E-state index in [2.05, 4.69) is 10.6 Å². The zero-order valence-corrected chi connectivity index (χ0v) is 14.2. The summed E-state index contributed by atoms with van der Waals surface area (Å²) in [5.74, 6) is -0.830. The molecule has 1 atom stereocenters. The number of nitro groups is 1. The Morgan fingerprint density at radius 3 is 2.56 bits per heavy atom. The number of carboxylic acid groups (broad SMARTS) is 1. The molecule has 3 N–H and O–H groups in total. The van der Waals surface area contributed by atoms with E-state index >= 15 is 0 Å². The molecule has 1 heterocycles. The van der Waals surface area contributed by atoms with Crippen LogP contribution >= 0.6 is 0 Å². The molecule has 0 radical (unpaired) electrons. The number of alkyl halides is 3. The summed E-state index contributed by atoms with van der Waals surface area (Å²) in [5.41, 5.74) is -3.40. The first-order valence-electron chi connectivity index (χ1n) is 7.90. The highest BCUT2D eigenvalue weighted by Gasteiger charge is 2.38. The Morgan fingerprint density at radius 2 is 2.04 bits per heavy atom. The number of halogens is 3. The van der Waals surface area contributed by atoms with E-state index in [-0.39, 0.29) is 13.1 Å². The number of anilines is 1. The van der Waals surface area contributed by atoms with Crippen molar-refractivity contribution in [3.8, 4) is 0 Å². The van der Waals surface area contributed by atoms with Crippen molar-refractivity contribution in [2.75, 3.05) is 25.5 Å². The van der Waals surface area contributed by atoms with Gasteiger partial charge in [-0.2, -0.15) is 13.2 Å². The third-order valence-corrected chi connectivity index (χ3v) is 4.15. The minimum absolute atomic E-state index is 0.0337. The summed E-state index contributed by atoms with van der Waals surface area (Å²) >= 11 is 0. The summed E-state index contributed by atoms with van der Waals surface area (Å²) in [6.45, 7) is 0.174. The van der Waals surface area contributed by atoms with Crippen LogP contribution in [0.5, 0.6) is 0 Å². The van der Waals surface area contributed by atoms with Crippen molar-refractivity contribution >= 4 is 23.4 Å². The summed E-state index contributed by atoms with van der Waals surface area (Å²) in [6.07, 6.45) is -5.26. The van der Waals surface area contributed by atoms with Crippen LogP contribution < -0.4 is 10.6 Å². The Kier molecular flexibility index (Phi) is 5.76. The van der Waals surface area contributed by atoms with Gasteiger partial charge in [-0.15, -0.1) is 0 Å². The van der Waals surface area contributed by atoms with E-state index in [9.17, 15) is 32.9 Å². The number of nitrogens with zero attached hydrogens (tertiary/aromatic N) is 2. The molecule has 12 heteroatoms. The van der Waals surface area contributed by atoms with Crippen molar-refractivity contribution in [3.05, 3.63) is 33.4 Å². The predicted octanol–water partition coefficient (Wildman–Crippen LogP) is 2.53. The molecule has 1 unspecified atom stereocenters. The molecule has 0 saturated carbocycles. The van der Waals surface area contributed by atoms with E-state index in [0.29, 0.717) is 18.9 Å². The molecule has 148 valence electrons. The lowest BCUT2D eigenvalue weighted by Gasteiger charge is -2.32. The van der Waals surface area contributed by atoms with Gasteiger partial charge in [0.05, 0.1) is 10.5 Å². The number of amides is 2. The van der Waals surface area contributed by atoms with Gasteiger partial charge in [-0.05, 0) is 18.9 Å². The normalized spacial score (nSPS) is 17.3. The Balaban J connectivity index is 2.42. The van der Waals surface area contributed by atoms with Gasteiger partial charge in [0.2, 0.25) is 0 Å². The van der Waals surface area contributed by atoms with Gasteiger partial charge in [0.15, 0.2) is 0 Å². The highest BCUT2D eigenvalue weighted by Crippen LogP contribution is 2.40. The number of nitrogens with one attached hydrogen (secondary N) is 2. The molecule has 1 aromatic carbocycles. The molecule has 1 saturated heterocycles. The number of nitro benzene ring substituents is 1. The molecule has 1 aliphatic rings. The Bertz CT molecular complexity index is 769. The number of hydrogen-bond acceptors (Lipinski definition) is 5. The number of carbonyl (C=O) groups excluding carboxylic acids is 1. The maximum absolute atomic E-state index is 13.3. The first kappa shape index (κ1) is 20.3. The minimum atomic E-state index is -4.91. The second kappa shape index (κ2) is 7.68. The van der Waals surface area contributed by atoms with Gasteiger partial charge in [0, 0.05) is 37.8 Å². The van der Waals surface area contributed by atoms with Crippen LogP contribution in [0.3, 0.4) is 0 Å². The lowest BCUT2D eigenvalue weighted by atomic mass is 10.0. The second-order valence-electron chi connectivity index (χ2n) is 5.96. The van der Waals surface area contributed by atoms with E-state index in [1.807, 2.05) is 0 Å². The van der Waals surface area contributed by atoms with Crippen molar-refractivity contribution < 1.29 is 32.8 Å². The lowest BCUT2D eigenvalue weighted by Crippen LogP contribution is -2.49. The largest absolute Gasteiger partial charge is 0.465 e. The van der Waals surface area contributed by atoms with Gasteiger partial charge < -0.3 is 20.6 Å². The molecule has 1 aliphatic heterocycles. The fourth-order valence-corrected chi connectivity index (χ4v) is 3.02. The number of benzene rings is 1. The molecule has 0 aliphatic carbocycles. The van der Waals surface area contributed by atoms with Gasteiger partial charge in [-0.1, -0.05) is 0 Å². The SMILES string of the molecule is CNc1c([N+](=O)[O-])cc(C(=O)N2CCCC(NC(=O)O)C2)cc1C(F)(F)F. The molecule has 0 aromatic heterocycles. The van der Waals surface area contributed by atoms with E-state index in [4.69, 9.17) is 5.11 Å². The van der Waals surface area contributed by atoms with E-state index < -0.39 is 51.6 Å². The number of piperidine rings is 1. The minimum Gasteiger partial charge on any atom is -0.465 e. The monoisotopic (exact) mass is 390 g/mol. The summed E-state index contributed by atoms with van der Waals surface area (Å²) in [5, 5.41) is 24.3. The molecule has 9 nitrogen and oxygen atoms in total. The maximum atomic E-state index is 13.3. The summed E-state index contributed by atoms with van der Waals surface area (Å²) in [7, 11) is 1.12. The smallest absolute Gasteiger partial charge is 0.418 e. The number of likely N-dealkylation sites (tertiary alicyclic amines) is 1.